The van der Waals surface area contributed by atoms with Gasteiger partial charge in [0.2, 0.25) is 0 Å². The first-order valence-corrected chi connectivity index (χ1v) is 4.77. The van der Waals surface area contributed by atoms with Crippen molar-refractivity contribution in [1.82, 2.24) is 0 Å². The van der Waals surface area contributed by atoms with Crippen LogP contribution in [0.2, 0.25) is 0 Å². The van der Waals surface area contributed by atoms with Crippen molar-refractivity contribution in [3.8, 4) is 11.5 Å². The third-order valence-corrected chi connectivity index (χ3v) is 2.41. The lowest BCUT2D eigenvalue weighted by molar-refractivity contribution is 0.0834. The number of para-hydroxylation sites is 1. The molecule has 0 unspecified atom stereocenters. The van der Waals surface area contributed by atoms with Crippen molar-refractivity contribution in [3.05, 3.63) is 23.8 Å². The second-order valence-electron chi connectivity index (χ2n) is 3.52. The van der Waals surface area contributed by atoms with Crippen molar-refractivity contribution >= 4 is 5.71 Å². The van der Waals surface area contributed by atoms with E-state index in [9.17, 15) is 5.11 Å². The summed E-state index contributed by atoms with van der Waals surface area (Å²) in [6, 6.07) is 5.35. The van der Waals surface area contributed by atoms with Gasteiger partial charge in [-0.1, -0.05) is 17.3 Å². The molecule has 1 atom stereocenters. The van der Waals surface area contributed by atoms with Crippen LogP contribution in [-0.2, 0) is 4.84 Å². The molecule has 0 fully saturated rings. The van der Waals surface area contributed by atoms with Crippen LogP contribution in [0.3, 0.4) is 0 Å². The summed E-state index contributed by atoms with van der Waals surface area (Å²) in [5, 5.41) is 13.7. The highest BCUT2D eigenvalue weighted by Gasteiger charge is 2.24. The second-order valence-corrected chi connectivity index (χ2v) is 3.52. The smallest absolute Gasteiger partial charge is 0.164 e. The molecule has 15 heavy (non-hydrogen) atoms. The van der Waals surface area contributed by atoms with E-state index in [1.54, 1.807) is 6.07 Å². The molecular formula is C11H13NO3. The number of rotatable bonds is 2. The SMILES string of the molecule is COc1cccc([C@@H]2CC(C)=NO2)c1O. The standard InChI is InChI=1S/C11H13NO3/c1-7-6-10(15-12-7)8-4-3-5-9(14-2)11(8)13/h3-5,10,13H,6H2,1-2H3/t10-/m0/s1. The number of nitrogens with zero attached hydrogens (tertiary/aromatic N) is 1. The van der Waals surface area contributed by atoms with Crippen LogP contribution in [0.1, 0.15) is 25.0 Å². The lowest BCUT2D eigenvalue weighted by Crippen LogP contribution is -1.99. The summed E-state index contributed by atoms with van der Waals surface area (Å²) in [6.07, 6.45) is 0.515. The zero-order valence-electron chi connectivity index (χ0n) is 8.73. The van der Waals surface area contributed by atoms with E-state index in [4.69, 9.17) is 9.57 Å². The Morgan fingerprint density at radius 3 is 2.93 bits per heavy atom. The monoisotopic (exact) mass is 207 g/mol. The quantitative estimate of drug-likeness (QED) is 0.809. The predicted octanol–water partition coefficient (Wildman–Crippen LogP) is 2.24. The minimum absolute atomic E-state index is 0.134. The highest BCUT2D eigenvalue weighted by molar-refractivity contribution is 5.83. The van der Waals surface area contributed by atoms with Crippen LogP contribution in [0.5, 0.6) is 11.5 Å². The zero-order chi connectivity index (χ0) is 10.8. The summed E-state index contributed by atoms with van der Waals surface area (Å²) in [6.45, 7) is 1.90. The van der Waals surface area contributed by atoms with E-state index in [0.717, 1.165) is 11.3 Å². The lowest BCUT2D eigenvalue weighted by Gasteiger charge is -2.12. The van der Waals surface area contributed by atoms with E-state index in [1.165, 1.54) is 7.11 Å². The van der Waals surface area contributed by atoms with Crippen LogP contribution in [0.15, 0.2) is 23.4 Å². The molecular weight excluding hydrogens is 194 g/mol. The van der Waals surface area contributed by atoms with E-state index in [2.05, 4.69) is 5.16 Å². The fourth-order valence-corrected chi connectivity index (χ4v) is 1.63. The van der Waals surface area contributed by atoms with Crippen LogP contribution in [0, 0.1) is 0 Å². The van der Waals surface area contributed by atoms with Crippen molar-refractivity contribution in [2.75, 3.05) is 7.11 Å². The first-order chi connectivity index (χ1) is 7.22. The number of phenols is 1. The Balaban J connectivity index is 2.29. The molecule has 80 valence electrons. The fraction of sp³-hybridized carbons (Fsp3) is 0.364. The Kier molecular flexibility index (Phi) is 2.49. The van der Waals surface area contributed by atoms with Crippen LogP contribution >= 0.6 is 0 Å². The molecule has 1 aromatic carbocycles. The Morgan fingerprint density at radius 2 is 2.33 bits per heavy atom. The van der Waals surface area contributed by atoms with Gasteiger partial charge in [-0.2, -0.15) is 0 Å². The lowest BCUT2D eigenvalue weighted by atomic mass is 10.0. The molecule has 0 saturated heterocycles. The maximum Gasteiger partial charge on any atom is 0.164 e. The maximum absolute atomic E-state index is 9.88. The molecule has 2 rings (SSSR count). The van der Waals surface area contributed by atoms with E-state index in [-0.39, 0.29) is 11.9 Å². The third-order valence-electron chi connectivity index (χ3n) is 2.41. The second kappa shape index (κ2) is 3.81. The largest absolute Gasteiger partial charge is 0.504 e. The average Bonchev–Trinajstić information content (AvgIpc) is 2.65. The molecule has 1 aromatic rings. The number of ether oxygens (including phenoxy) is 1. The molecule has 0 amide bonds. The van der Waals surface area contributed by atoms with Crippen molar-refractivity contribution in [2.45, 2.75) is 19.4 Å². The highest BCUT2D eigenvalue weighted by atomic mass is 16.6. The molecule has 1 aliphatic heterocycles. The van der Waals surface area contributed by atoms with Crippen molar-refractivity contribution < 1.29 is 14.7 Å². The summed E-state index contributed by atoms with van der Waals surface area (Å²) < 4.78 is 5.03. The van der Waals surface area contributed by atoms with Gasteiger partial charge >= 0.3 is 0 Å². The minimum atomic E-state index is -0.194. The fourth-order valence-electron chi connectivity index (χ4n) is 1.63. The van der Waals surface area contributed by atoms with Crippen molar-refractivity contribution in [1.29, 1.82) is 0 Å². The van der Waals surface area contributed by atoms with Crippen molar-refractivity contribution in [2.24, 2.45) is 5.16 Å². The topological polar surface area (TPSA) is 51.0 Å². The highest BCUT2D eigenvalue weighted by Crippen LogP contribution is 2.38. The molecule has 0 spiro atoms. The normalized spacial score (nSPS) is 19.6. The summed E-state index contributed by atoms with van der Waals surface area (Å²) in [5.74, 6) is 0.593. The van der Waals surface area contributed by atoms with Gasteiger partial charge in [-0.15, -0.1) is 0 Å². The number of benzene rings is 1. The predicted molar refractivity (Wildman–Crippen MR) is 56.2 cm³/mol. The van der Waals surface area contributed by atoms with Gasteiger partial charge in [-0.25, -0.2) is 0 Å². The number of phenolic OH excluding ortho intramolecular Hbond substituents is 1. The Hall–Kier alpha value is -1.71. The molecule has 1 heterocycles. The van der Waals surface area contributed by atoms with Gasteiger partial charge in [0.1, 0.15) is 0 Å². The number of methoxy groups -OCH3 is 1. The summed E-state index contributed by atoms with van der Waals surface area (Å²) in [4.78, 5) is 5.20. The number of aromatic hydroxyl groups is 1. The Labute approximate surface area is 88.1 Å². The van der Waals surface area contributed by atoms with Gasteiger partial charge < -0.3 is 14.7 Å². The van der Waals surface area contributed by atoms with Gasteiger partial charge in [0.15, 0.2) is 17.6 Å². The van der Waals surface area contributed by atoms with E-state index in [0.29, 0.717) is 12.2 Å². The Morgan fingerprint density at radius 1 is 1.53 bits per heavy atom. The third kappa shape index (κ3) is 1.75. The van der Waals surface area contributed by atoms with E-state index in [1.807, 2.05) is 19.1 Å². The van der Waals surface area contributed by atoms with Crippen LogP contribution in [0.25, 0.3) is 0 Å². The van der Waals surface area contributed by atoms with Gasteiger partial charge in [0.25, 0.3) is 0 Å². The number of hydrogen-bond acceptors (Lipinski definition) is 4. The molecule has 1 N–H and O–H groups in total. The Bertz CT molecular complexity index is 401. The van der Waals surface area contributed by atoms with Gasteiger partial charge in [-0.3, -0.25) is 0 Å². The van der Waals surface area contributed by atoms with Crippen LogP contribution < -0.4 is 4.74 Å². The van der Waals surface area contributed by atoms with Crippen LogP contribution in [0.4, 0.5) is 0 Å². The van der Waals surface area contributed by atoms with E-state index < -0.39 is 0 Å². The summed E-state index contributed by atoms with van der Waals surface area (Å²) in [5.41, 5.74) is 1.65. The molecule has 1 aliphatic rings. The molecule has 0 radical (unpaired) electrons. The molecule has 0 aliphatic carbocycles. The van der Waals surface area contributed by atoms with Gasteiger partial charge in [-0.05, 0) is 13.0 Å². The van der Waals surface area contributed by atoms with E-state index >= 15 is 0 Å². The number of hydrogen-bond donors (Lipinski definition) is 1. The first-order valence-electron chi connectivity index (χ1n) is 4.77. The van der Waals surface area contributed by atoms with Gasteiger partial charge in [0.05, 0.1) is 12.8 Å². The molecule has 0 saturated carbocycles. The zero-order valence-corrected chi connectivity index (χ0v) is 8.73. The molecule has 0 bridgehead atoms. The summed E-state index contributed by atoms with van der Waals surface area (Å²) in [7, 11) is 1.52. The average molecular weight is 207 g/mol. The number of oxime groups is 1. The van der Waals surface area contributed by atoms with Crippen LogP contribution in [-0.4, -0.2) is 17.9 Å². The van der Waals surface area contributed by atoms with Gasteiger partial charge in [0, 0.05) is 12.0 Å². The first kappa shape index (κ1) is 9.83. The molecule has 4 nitrogen and oxygen atoms in total. The van der Waals surface area contributed by atoms with Crippen molar-refractivity contribution in [3.63, 3.8) is 0 Å². The summed E-state index contributed by atoms with van der Waals surface area (Å²) >= 11 is 0. The maximum atomic E-state index is 9.88. The molecule has 0 aromatic heterocycles. The molecule has 4 heteroatoms. The minimum Gasteiger partial charge on any atom is -0.504 e.